The maximum Gasteiger partial charge on any atom is 0.310 e. The van der Waals surface area contributed by atoms with Crippen LogP contribution in [-0.4, -0.2) is 30.6 Å². The van der Waals surface area contributed by atoms with E-state index in [9.17, 15) is 4.79 Å². The lowest BCUT2D eigenvalue weighted by Gasteiger charge is -2.17. The average Bonchev–Trinajstić information content (AvgIpc) is 3.00. The predicted molar refractivity (Wildman–Crippen MR) is 96.0 cm³/mol. The molecule has 2 aromatic carbocycles. The number of hydrogen-bond acceptors (Lipinski definition) is 3. The molecule has 1 aliphatic rings. The number of carbonyl (C=O) groups excluding carboxylic acids is 1. The molecule has 0 aliphatic carbocycles. The van der Waals surface area contributed by atoms with Gasteiger partial charge < -0.3 is 4.74 Å². The SMILES string of the molecule is CCOC(=O)[C@@H]1CN(Cc2ccccc2)C[C@@H]1c1ccc(Cl)cc1. The molecule has 0 saturated carbocycles. The van der Waals surface area contributed by atoms with E-state index >= 15 is 0 Å². The number of rotatable bonds is 5. The smallest absolute Gasteiger partial charge is 0.310 e. The lowest BCUT2D eigenvalue weighted by atomic mass is 9.89. The highest BCUT2D eigenvalue weighted by Gasteiger charge is 2.39. The maximum atomic E-state index is 12.4. The van der Waals surface area contributed by atoms with Crippen molar-refractivity contribution in [1.29, 1.82) is 0 Å². The highest BCUT2D eigenvalue weighted by Crippen LogP contribution is 2.34. The molecule has 0 aromatic heterocycles. The Morgan fingerprint density at radius 2 is 1.83 bits per heavy atom. The van der Waals surface area contributed by atoms with Gasteiger partial charge in [-0.2, -0.15) is 0 Å². The van der Waals surface area contributed by atoms with Crippen LogP contribution >= 0.6 is 11.6 Å². The van der Waals surface area contributed by atoms with E-state index in [-0.39, 0.29) is 17.8 Å². The van der Waals surface area contributed by atoms with Crippen molar-refractivity contribution in [3.8, 4) is 0 Å². The Hall–Kier alpha value is -1.84. The third kappa shape index (κ3) is 3.97. The molecule has 2 atom stereocenters. The van der Waals surface area contributed by atoms with E-state index in [2.05, 4.69) is 17.0 Å². The molecule has 0 bridgehead atoms. The minimum Gasteiger partial charge on any atom is -0.466 e. The fourth-order valence-corrected chi connectivity index (χ4v) is 3.52. The van der Waals surface area contributed by atoms with Gasteiger partial charge in [0.25, 0.3) is 0 Å². The summed E-state index contributed by atoms with van der Waals surface area (Å²) < 4.78 is 5.31. The lowest BCUT2D eigenvalue weighted by molar-refractivity contribution is -0.148. The number of carbonyl (C=O) groups is 1. The summed E-state index contributed by atoms with van der Waals surface area (Å²) in [6, 6.07) is 18.2. The summed E-state index contributed by atoms with van der Waals surface area (Å²) >= 11 is 6.00. The molecule has 0 unspecified atom stereocenters. The van der Waals surface area contributed by atoms with Crippen LogP contribution in [0.2, 0.25) is 5.02 Å². The molecule has 1 saturated heterocycles. The van der Waals surface area contributed by atoms with Crippen LogP contribution in [0.3, 0.4) is 0 Å². The monoisotopic (exact) mass is 343 g/mol. The first-order chi connectivity index (χ1) is 11.7. The van der Waals surface area contributed by atoms with E-state index in [0.717, 1.165) is 25.2 Å². The third-order valence-electron chi connectivity index (χ3n) is 4.53. The van der Waals surface area contributed by atoms with E-state index in [4.69, 9.17) is 16.3 Å². The van der Waals surface area contributed by atoms with Gasteiger partial charge in [0.15, 0.2) is 0 Å². The first kappa shape index (κ1) is 17.0. The van der Waals surface area contributed by atoms with Crippen LogP contribution < -0.4 is 0 Å². The van der Waals surface area contributed by atoms with Gasteiger partial charge in [-0.3, -0.25) is 9.69 Å². The van der Waals surface area contributed by atoms with Crippen LogP contribution in [-0.2, 0) is 16.1 Å². The molecule has 1 heterocycles. The van der Waals surface area contributed by atoms with Gasteiger partial charge in [0.05, 0.1) is 12.5 Å². The van der Waals surface area contributed by atoms with Crippen molar-refractivity contribution in [3.63, 3.8) is 0 Å². The van der Waals surface area contributed by atoms with Gasteiger partial charge in [-0.25, -0.2) is 0 Å². The van der Waals surface area contributed by atoms with E-state index in [0.29, 0.717) is 11.6 Å². The molecule has 0 radical (unpaired) electrons. The summed E-state index contributed by atoms with van der Waals surface area (Å²) in [7, 11) is 0. The van der Waals surface area contributed by atoms with Crippen molar-refractivity contribution in [2.75, 3.05) is 19.7 Å². The lowest BCUT2D eigenvalue weighted by Crippen LogP contribution is -2.25. The van der Waals surface area contributed by atoms with Gasteiger partial charge >= 0.3 is 5.97 Å². The van der Waals surface area contributed by atoms with Crippen LogP contribution in [0.25, 0.3) is 0 Å². The number of halogens is 1. The third-order valence-corrected chi connectivity index (χ3v) is 4.78. The molecular formula is C20H22ClNO2. The largest absolute Gasteiger partial charge is 0.466 e. The fraction of sp³-hybridized carbons (Fsp3) is 0.350. The Kier molecular flexibility index (Phi) is 5.54. The standard InChI is InChI=1S/C20H22ClNO2/c1-2-24-20(23)19-14-22(12-15-6-4-3-5-7-15)13-18(19)16-8-10-17(21)11-9-16/h3-11,18-19H,2,12-14H2,1H3/t18-,19-/m1/s1. The topological polar surface area (TPSA) is 29.5 Å². The van der Waals surface area contributed by atoms with Crippen molar-refractivity contribution in [2.45, 2.75) is 19.4 Å². The Morgan fingerprint density at radius 1 is 1.12 bits per heavy atom. The van der Waals surface area contributed by atoms with Gasteiger partial charge in [0, 0.05) is 30.6 Å². The van der Waals surface area contributed by atoms with Gasteiger partial charge in [0.1, 0.15) is 0 Å². The summed E-state index contributed by atoms with van der Waals surface area (Å²) in [6.45, 7) is 4.69. The van der Waals surface area contributed by atoms with Crippen molar-refractivity contribution in [2.24, 2.45) is 5.92 Å². The van der Waals surface area contributed by atoms with Crippen molar-refractivity contribution in [3.05, 3.63) is 70.7 Å². The van der Waals surface area contributed by atoms with Gasteiger partial charge in [-0.05, 0) is 30.2 Å². The summed E-state index contributed by atoms with van der Waals surface area (Å²) in [6.07, 6.45) is 0. The number of esters is 1. The first-order valence-electron chi connectivity index (χ1n) is 8.35. The summed E-state index contributed by atoms with van der Waals surface area (Å²) in [5.74, 6) is -0.0899. The van der Waals surface area contributed by atoms with E-state index in [1.54, 1.807) is 0 Å². The highest BCUT2D eigenvalue weighted by molar-refractivity contribution is 6.30. The van der Waals surface area contributed by atoms with Crippen LogP contribution in [0.1, 0.15) is 24.0 Å². The molecule has 0 N–H and O–H groups in total. The zero-order chi connectivity index (χ0) is 16.9. The van der Waals surface area contributed by atoms with E-state index < -0.39 is 0 Å². The summed E-state index contributed by atoms with van der Waals surface area (Å²) in [5.41, 5.74) is 2.41. The average molecular weight is 344 g/mol. The number of hydrogen-bond donors (Lipinski definition) is 0. The normalized spacial score (nSPS) is 20.9. The number of nitrogens with zero attached hydrogens (tertiary/aromatic N) is 1. The number of ether oxygens (including phenoxy) is 1. The summed E-state index contributed by atoms with van der Waals surface area (Å²) in [4.78, 5) is 14.7. The molecule has 2 aromatic rings. The molecular weight excluding hydrogens is 322 g/mol. The molecule has 1 aliphatic heterocycles. The van der Waals surface area contributed by atoms with Crippen molar-refractivity contribution >= 4 is 17.6 Å². The molecule has 3 nitrogen and oxygen atoms in total. The highest BCUT2D eigenvalue weighted by atomic mass is 35.5. The number of benzene rings is 2. The first-order valence-corrected chi connectivity index (χ1v) is 8.73. The molecule has 0 spiro atoms. The second kappa shape index (κ2) is 7.82. The van der Waals surface area contributed by atoms with Crippen LogP contribution in [0.5, 0.6) is 0 Å². The fourth-order valence-electron chi connectivity index (χ4n) is 3.39. The molecule has 126 valence electrons. The molecule has 1 fully saturated rings. The van der Waals surface area contributed by atoms with Crippen molar-refractivity contribution < 1.29 is 9.53 Å². The predicted octanol–water partition coefficient (Wildman–Crippen LogP) is 4.12. The molecule has 24 heavy (non-hydrogen) atoms. The quantitative estimate of drug-likeness (QED) is 0.765. The molecule has 3 rings (SSSR count). The van der Waals surface area contributed by atoms with Crippen molar-refractivity contribution in [1.82, 2.24) is 4.90 Å². The van der Waals surface area contributed by atoms with Gasteiger partial charge in [-0.15, -0.1) is 0 Å². The zero-order valence-electron chi connectivity index (χ0n) is 13.8. The van der Waals surface area contributed by atoms with E-state index in [1.807, 2.05) is 49.4 Å². The minimum absolute atomic E-state index is 0.104. The van der Waals surface area contributed by atoms with E-state index in [1.165, 1.54) is 5.56 Å². The Labute approximate surface area is 148 Å². The second-order valence-electron chi connectivity index (χ2n) is 6.20. The van der Waals surface area contributed by atoms with Crippen LogP contribution in [0.4, 0.5) is 0 Å². The van der Waals surface area contributed by atoms with Crippen LogP contribution in [0.15, 0.2) is 54.6 Å². The molecule has 0 amide bonds. The van der Waals surface area contributed by atoms with Gasteiger partial charge in [0.2, 0.25) is 0 Å². The number of likely N-dealkylation sites (tertiary alicyclic amines) is 1. The van der Waals surface area contributed by atoms with Gasteiger partial charge in [-0.1, -0.05) is 54.1 Å². The Bertz CT molecular complexity index is 672. The molecule has 4 heteroatoms. The maximum absolute atomic E-state index is 12.4. The summed E-state index contributed by atoms with van der Waals surface area (Å²) in [5, 5.41) is 0.713. The second-order valence-corrected chi connectivity index (χ2v) is 6.63. The zero-order valence-corrected chi connectivity index (χ0v) is 14.6. The minimum atomic E-state index is -0.130. The Balaban J connectivity index is 1.78. The van der Waals surface area contributed by atoms with Crippen LogP contribution in [0, 0.1) is 5.92 Å². The Morgan fingerprint density at radius 3 is 2.50 bits per heavy atom.